The first-order valence-corrected chi connectivity index (χ1v) is 8.20. The summed E-state index contributed by atoms with van der Waals surface area (Å²) in [6.45, 7) is 13.7. The van der Waals surface area contributed by atoms with Crippen molar-refractivity contribution in [2.75, 3.05) is 13.1 Å². The van der Waals surface area contributed by atoms with E-state index in [2.05, 4.69) is 58.7 Å². The van der Waals surface area contributed by atoms with Gasteiger partial charge in [-0.3, -0.25) is 4.79 Å². The van der Waals surface area contributed by atoms with Crippen LogP contribution >= 0.6 is 0 Å². The minimum absolute atomic E-state index is 0.0530. The fourth-order valence-electron chi connectivity index (χ4n) is 2.12. The first kappa shape index (κ1) is 19.3. The van der Waals surface area contributed by atoms with Crippen LogP contribution in [0.25, 0.3) is 0 Å². The van der Waals surface area contributed by atoms with Gasteiger partial charge in [0.25, 0.3) is 5.91 Å². The molecule has 0 spiro atoms. The molecule has 0 aliphatic carbocycles. The van der Waals surface area contributed by atoms with Gasteiger partial charge in [-0.1, -0.05) is 38.7 Å². The zero-order chi connectivity index (χ0) is 17.7. The van der Waals surface area contributed by atoms with E-state index in [-0.39, 0.29) is 16.7 Å². The number of amides is 1. The van der Waals surface area contributed by atoms with E-state index >= 15 is 0 Å². The molecule has 126 valence electrons. The van der Waals surface area contributed by atoms with Gasteiger partial charge in [0.2, 0.25) is 0 Å². The smallest absolute Gasteiger partial charge is 0.251 e. The lowest BCUT2D eigenvalue weighted by molar-refractivity contribution is 0.0951. The number of carbonyl (C=O) groups excluding carboxylic acids is 1. The van der Waals surface area contributed by atoms with Crippen LogP contribution in [0.1, 0.15) is 69.4 Å². The second-order valence-electron chi connectivity index (χ2n) is 7.91. The van der Waals surface area contributed by atoms with Crippen LogP contribution in [0.2, 0.25) is 0 Å². The SMILES string of the molecule is CC(C)(C)C#Cc1ccc(C(C)(C)C)c(C(=O)NCCCN)c1. The highest BCUT2D eigenvalue weighted by molar-refractivity contribution is 5.96. The van der Waals surface area contributed by atoms with Crippen LogP contribution in [0.3, 0.4) is 0 Å². The third-order valence-corrected chi connectivity index (χ3v) is 3.32. The Bertz CT molecular complexity index is 607. The predicted octanol–water partition coefficient (Wildman–Crippen LogP) is 3.46. The van der Waals surface area contributed by atoms with Gasteiger partial charge < -0.3 is 11.1 Å². The Balaban J connectivity index is 3.20. The van der Waals surface area contributed by atoms with Gasteiger partial charge in [-0.2, -0.15) is 0 Å². The van der Waals surface area contributed by atoms with E-state index in [4.69, 9.17) is 5.73 Å². The second kappa shape index (κ2) is 7.66. The van der Waals surface area contributed by atoms with Crippen LogP contribution in [-0.2, 0) is 5.41 Å². The topological polar surface area (TPSA) is 55.1 Å². The molecule has 1 aromatic rings. The van der Waals surface area contributed by atoms with Gasteiger partial charge in [0, 0.05) is 23.1 Å². The number of nitrogens with two attached hydrogens (primary N) is 1. The maximum absolute atomic E-state index is 12.5. The highest BCUT2D eigenvalue weighted by Crippen LogP contribution is 2.27. The van der Waals surface area contributed by atoms with Crippen molar-refractivity contribution in [3.05, 3.63) is 34.9 Å². The first-order valence-electron chi connectivity index (χ1n) is 8.20. The molecule has 0 bridgehead atoms. The van der Waals surface area contributed by atoms with Gasteiger partial charge in [0.1, 0.15) is 0 Å². The summed E-state index contributed by atoms with van der Waals surface area (Å²) in [6, 6.07) is 5.91. The number of carbonyl (C=O) groups is 1. The summed E-state index contributed by atoms with van der Waals surface area (Å²) in [5.74, 6) is 6.34. The summed E-state index contributed by atoms with van der Waals surface area (Å²) in [7, 11) is 0. The highest BCUT2D eigenvalue weighted by Gasteiger charge is 2.21. The molecule has 1 amide bonds. The molecule has 0 heterocycles. The summed E-state index contributed by atoms with van der Waals surface area (Å²) < 4.78 is 0. The van der Waals surface area contributed by atoms with E-state index in [0.717, 1.165) is 17.5 Å². The molecule has 0 unspecified atom stereocenters. The molecular formula is C20H30N2O. The van der Waals surface area contributed by atoms with Crippen molar-refractivity contribution in [3.8, 4) is 11.8 Å². The van der Waals surface area contributed by atoms with Crippen molar-refractivity contribution in [3.63, 3.8) is 0 Å². The minimum atomic E-state index is -0.101. The summed E-state index contributed by atoms with van der Waals surface area (Å²) in [6.07, 6.45) is 0.778. The van der Waals surface area contributed by atoms with Crippen LogP contribution in [0, 0.1) is 17.3 Å². The average Bonchev–Trinajstić information content (AvgIpc) is 2.43. The molecule has 3 N–H and O–H groups in total. The molecular weight excluding hydrogens is 284 g/mol. The third kappa shape index (κ3) is 6.46. The molecule has 3 nitrogen and oxygen atoms in total. The first-order chi connectivity index (χ1) is 10.5. The molecule has 0 atom stereocenters. The van der Waals surface area contributed by atoms with E-state index < -0.39 is 0 Å². The fourth-order valence-corrected chi connectivity index (χ4v) is 2.12. The molecule has 0 aliphatic rings. The van der Waals surface area contributed by atoms with E-state index in [1.54, 1.807) is 0 Å². The molecule has 0 radical (unpaired) electrons. The lowest BCUT2D eigenvalue weighted by Gasteiger charge is -2.23. The fraction of sp³-hybridized carbons (Fsp3) is 0.550. The van der Waals surface area contributed by atoms with Crippen molar-refractivity contribution in [2.45, 2.75) is 53.4 Å². The zero-order valence-electron chi connectivity index (χ0n) is 15.3. The zero-order valence-corrected chi connectivity index (χ0v) is 15.3. The summed E-state index contributed by atoms with van der Waals surface area (Å²) >= 11 is 0. The van der Waals surface area contributed by atoms with Crippen LogP contribution in [0.5, 0.6) is 0 Å². The Kier molecular flexibility index (Phi) is 6.41. The summed E-state index contributed by atoms with van der Waals surface area (Å²) in [4.78, 5) is 12.5. The molecule has 0 aliphatic heterocycles. The molecule has 0 aromatic heterocycles. The van der Waals surface area contributed by atoms with Crippen LogP contribution in [0.15, 0.2) is 18.2 Å². The van der Waals surface area contributed by atoms with Crippen LogP contribution in [-0.4, -0.2) is 19.0 Å². The van der Waals surface area contributed by atoms with Gasteiger partial charge in [-0.05, 0) is 56.8 Å². The van der Waals surface area contributed by atoms with Crippen LogP contribution in [0.4, 0.5) is 0 Å². The van der Waals surface area contributed by atoms with E-state index in [9.17, 15) is 4.79 Å². The van der Waals surface area contributed by atoms with Crippen molar-refractivity contribution in [1.82, 2.24) is 5.32 Å². The Labute approximate surface area is 141 Å². The summed E-state index contributed by atoms with van der Waals surface area (Å²) in [5, 5.41) is 2.94. The number of benzene rings is 1. The molecule has 0 saturated carbocycles. The number of nitrogens with one attached hydrogen (secondary N) is 1. The number of rotatable bonds is 4. The Hall–Kier alpha value is -1.79. The van der Waals surface area contributed by atoms with Gasteiger partial charge >= 0.3 is 0 Å². The van der Waals surface area contributed by atoms with E-state index in [0.29, 0.717) is 18.7 Å². The lowest BCUT2D eigenvalue weighted by Crippen LogP contribution is -2.29. The molecule has 3 heteroatoms. The maximum atomic E-state index is 12.5. The third-order valence-electron chi connectivity index (χ3n) is 3.32. The average molecular weight is 314 g/mol. The molecule has 1 rings (SSSR count). The van der Waals surface area contributed by atoms with E-state index in [1.165, 1.54) is 0 Å². The maximum Gasteiger partial charge on any atom is 0.251 e. The van der Waals surface area contributed by atoms with E-state index in [1.807, 2.05) is 18.2 Å². The van der Waals surface area contributed by atoms with Crippen molar-refractivity contribution in [1.29, 1.82) is 0 Å². The predicted molar refractivity (Wildman–Crippen MR) is 97.5 cm³/mol. The quantitative estimate of drug-likeness (QED) is 0.660. The van der Waals surface area contributed by atoms with Crippen molar-refractivity contribution in [2.24, 2.45) is 11.1 Å². The van der Waals surface area contributed by atoms with Gasteiger partial charge in [-0.15, -0.1) is 0 Å². The standard InChI is InChI=1S/C20H30N2O/c1-19(2,3)11-10-15-8-9-17(20(4,5)6)16(14-15)18(23)22-13-7-12-21/h8-9,14H,7,12-13,21H2,1-6H3,(H,22,23). The van der Waals surface area contributed by atoms with Crippen molar-refractivity contribution < 1.29 is 4.79 Å². The lowest BCUT2D eigenvalue weighted by atomic mass is 9.82. The molecule has 0 fully saturated rings. The monoisotopic (exact) mass is 314 g/mol. The molecule has 23 heavy (non-hydrogen) atoms. The van der Waals surface area contributed by atoms with Crippen molar-refractivity contribution >= 4 is 5.91 Å². The normalized spacial score (nSPS) is 11.6. The Morgan fingerprint density at radius 1 is 1.17 bits per heavy atom. The minimum Gasteiger partial charge on any atom is -0.352 e. The van der Waals surface area contributed by atoms with Gasteiger partial charge in [-0.25, -0.2) is 0 Å². The largest absolute Gasteiger partial charge is 0.352 e. The number of hydrogen-bond donors (Lipinski definition) is 2. The van der Waals surface area contributed by atoms with Gasteiger partial charge in [0.05, 0.1) is 0 Å². The second-order valence-corrected chi connectivity index (χ2v) is 7.91. The number of hydrogen-bond acceptors (Lipinski definition) is 2. The molecule has 1 aromatic carbocycles. The Morgan fingerprint density at radius 2 is 1.83 bits per heavy atom. The summed E-state index contributed by atoms with van der Waals surface area (Å²) in [5.41, 5.74) is 7.93. The highest BCUT2D eigenvalue weighted by atomic mass is 16.1. The Morgan fingerprint density at radius 3 is 2.35 bits per heavy atom. The van der Waals surface area contributed by atoms with Gasteiger partial charge in [0.15, 0.2) is 0 Å². The molecule has 0 saturated heterocycles. The van der Waals surface area contributed by atoms with Crippen LogP contribution < -0.4 is 11.1 Å².